The summed E-state index contributed by atoms with van der Waals surface area (Å²) in [6.45, 7) is 3.19. The molecule has 0 aromatic heterocycles. The molecule has 0 radical (unpaired) electrons. The van der Waals surface area contributed by atoms with Gasteiger partial charge in [-0.05, 0) is 19.4 Å². The van der Waals surface area contributed by atoms with Crippen LogP contribution in [0.3, 0.4) is 0 Å². The van der Waals surface area contributed by atoms with E-state index < -0.39 is 19.5 Å². The average molecular weight is 287 g/mol. The van der Waals surface area contributed by atoms with Gasteiger partial charge >= 0.3 is 13.7 Å². The number of rotatable bonds is 6. The highest BCUT2D eigenvalue weighted by Gasteiger charge is 2.29. The molecule has 1 amide bonds. The second-order valence-electron chi connectivity index (χ2n) is 3.86. The molecule has 7 heteroatoms. The molecule has 0 saturated carbocycles. The van der Waals surface area contributed by atoms with Crippen LogP contribution in [0, 0.1) is 0 Å². The Morgan fingerprint density at radius 2 is 2.05 bits per heavy atom. The maximum absolute atomic E-state index is 11.6. The molecule has 106 valence electrons. The lowest BCUT2D eigenvalue weighted by molar-refractivity contribution is 0.137. The highest BCUT2D eigenvalue weighted by atomic mass is 31.2. The van der Waals surface area contributed by atoms with Crippen molar-refractivity contribution in [1.29, 1.82) is 0 Å². The highest BCUT2D eigenvalue weighted by molar-refractivity contribution is 7.53. The fraction of sp³-hybridized carbons (Fsp3) is 0.417. The van der Waals surface area contributed by atoms with E-state index in [4.69, 9.17) is 9.26 Å². The van der Waals surface area contributed by atoms with Gasteiger partial charge in [0.1, 0.15) is 12.4 Å². The fourth-order valence-electron chi connectivity index (χ4n) is 1.31. The van der Waals surface area contributed by atoms with Crippen LogP contribution in [0.4, 0.5) is 4.79 Å². The molecule has 0 aliphatic heterocycles. The molecule has 1 rings (SSSR count). The van der Waals surface area contributed by atoms with Gasteiger partial charge in [-0.2, -0.15) is 0 Å². The van der Waals surface area contributed by atoms with E-state index in [9.17, 15) is 14.3 Å². The van der Waals surface area contributed by atoms with Crippen LogP contribution in [0.1, 0.15) is 19.4 Å². The van der Waals surface area contributed by atoms with Gasteiger partial charge in [-0.15, -0.1) is 0 Å². The van der Waals surface area contributed by atoms with Gasteiger partial charge in [0.25, 0.3) is 0 Å². The number of nitrogens with one attached hydrogen (secondary N) is 1. The minimum Gasteiger partial charge on any atom is -0.445 e. The second kappa shape index (κ2) is 7.28. The van der Waals surface area contributed by atoms with Crippen molar-refractivity contribution in [2.45, 2.75) is 26.2 Å². The standard InChI is InChI=1S/C12H18NO5P/c1-3-18-19(15,16)10(2)13-12(14)17-9-11-7-5-4-6-8-11/h4-8,10H,3,9H2,1-2H3,(H,13,14)(H,15,16)/t10-/m1/s1. The van der Waals surface area contributed by atoms with Crippen molar-refractivity contribution in [3.05, 3.63) is 35.9 Å². The van der Waals surface area contributed by atoms with Gasteiger partial charge in [0.15, 0.2) is 0 Å². The Morgan fingerprint density at radius 3 is 2.63 bits per heavy atom. The summed E-state index contributed by atoms with van der Waals surface area (Å²) in [6.07, 6.45) is -0.759. The molecule has 0 aliphatic rings. The third-order valence-corrected chi connectivity index (χ3v) is 4.08. The zero-order valence-corrected chi connectivity index (χ0v) is 11.8. The van der Waals surface area contributed by atoms with Gasteiger partial charge in [-0.3, -0.25) is 4.57 Å². The Balaban J connectivity index is 2.41. The fourth-order valence-corrected chi connectivity index (χ4v) is 2.18. The van der Waals surface area contributed by atoms with Crippen molar-refractivity contribution in [1.82, 2.24) is 5.32 Å². The number of alkyl carbamates (subject to hydrolysis) is 1. The van der Waals surface area contributed by atoms with E-state index in [1.54, 1.807) is 6.92 Å². The molecule has 1 unspecified atom stereocenters. The number of carbonyl (C=O) groups excluding carboxylic acids is 1. The molecular formula is C12H18NO5P. The molecule has 0 saturated heterocycles. The van der Waals surface area contributed by atoms with Gasteiger partial charge in [0.05, 0.1) is 6.61 Å². The number of hydrogen-bond donors (Lipinski definition) is 2. The maximum Gasteiger partial charge on any atom is 0.408 e. The Hall–Kier alpha value is -1.36. The summed E-state index contributed by atoms with van der Waals surface area (Å²) in [5.41, 5.74) is 0.835. The molecular weight excluding hydrogens is 269 g/mol. The van der Waals surface area contributed by atoms with Crippen molar-refractivity contribution in [3.63, 3.8) is 0 Å². The quantitative estimate of drug-likeness (QED) is 0.785. The largest absolute Gasteiger partial charge is 0.445 e. The monoisotopic (exact) mass is 287 g/mol. The zero-order chi connectivity index (χ0) is 14.3. The summed E-state index contributed by atoms with van der Waals surface area (Å²) in [6, 6.07) is 9.14. The van der Waals surface area contributed by atoms with Crippen molar-refractivity contribution in [2.75, 3.05) is 6.61 Å². The molecule has 19 heavy (non-hydrogen) atoms. The molecule has 2 atom stereocenters. The SMILES string of the molecule is CCOP(=O)(O)[C@H](C)NC(=O)OCc1ccccc1. The Labute approximate surface area is 112 Å². The van der Waals surface area contributed by atoms with Crippen molar-refractivity contribution in [2.24, 2.45) is 0 Å². The van der Waals surface area contributed by atoms with E-state index in [1.165, 1.54) is 6.92 Å². The number of benzene rings is 1. The molecule has 0 fully saturated rings. The average Bonchev–Trinajstić information content (AvgIpc) is 2.37. The van der Waals surface area contributed by atoms with E-state index in [0.717, 1.165) is 5.56 Å². The topological polar surface area (TPSA) is 84.9 Å². The lowest BCUT2D eigenvalue weighted by atomic mass is 10.2. The number of ether oxygens (including phenoxy) is 1. The highest BCUT2D eigenvalue weighted by Crippen LogP contribution is 2.45. The summed E-state index contributed by atoms with van der Waals surface area (Å²) in [5, 5.41) is 2.28. The molecule has 1 aromatic carbocycles. The molecule has 1 aromatic rings. The van der Waals surface area contributed by atoms with Crippen LogP contribution < -0.4 is 5.32 Å². The molecule has 6 nitrogen and oxygen atoms in total. The van der Waals surface area contributed by atoms with E-state index in [1.807, 2.05) is 30.3 Å². The smallest absolute Gasteiger partial charge is 0.408 e. The van der Waals surface area contributed by atoms with E-state index in [2.05, 4.69) is 5.32 Å². The summed E-state index contributed by atoms with van der Waals surface area (Å²) >= 11 is 0. The number of carbonyl (C=O) groups is 1. The van der Waals surface area contributed by atoms with E-state index in [-0.39, 0.29) is 13.2 Å². The first-order valence-corrected chi connectivity index (χ1v) is 7.54. The zero-order valence-electron chi connectivity index (χ0n) is 10.9. The van der Waals surface area contributed by atoms with Gasteiger partial charge in [0.2, 0.25) is 0 Å². The lowest BCUT2D eigenvalue weighted by Gasteiger charge is -2.19. The summed E-state index contributed by atoms with van der Waals surface area (Å²) in [7, 11) is -3.85. The van der Waals surface area contributed by atoms with E-state index in [0.29, 0.717) is 0 Å². The summed E-state index contributed by atoms with van der Waals surface area (Å²) in [5.74, 6) is -1.02. The van der Waals surface area contributed by atoms with Crippen LogP contribution >= 0.6 is 7.60 Å². The first-order valence-electron chi connectivity index (χ1n) is 5.90. The van der Waals surface area contributed by atoms with E-state index >= 15 is 0 Å². The number of hydrogen-bond acceptors (Lipinski definition) is 4. The Bertz CT molecular complexity index is 451. The maximum atomic E-state index is 11.6. The van der Waals surface area contributed by atoms with Gasteiger partial charge in [-0.25, -0.2) is 4.79 Å². The molecule has 2 N–H and O–H groups in total. The first kappa shape index (κ1) is 15.7. The van der Waals surface area contributed by atoms with Gasteiger partial charge < -0.3 is 19.5 Å². The van der Waals surface area contributed by atoms with Crippen LogP contribution in [0.5, 0.6) is 0 Å². The molecule has 0 bridgehead atoms. The van der Waals surface area contributed by atoms with Crippen LogP contribution in [-0.4, -0.2) is 23.4 Å². The van der Waals surface area contributed by atoms with Crippen LogP contribution in [-0.2, 0) is 20.4 Å². The minimum absolute atomic E-state index is 0.0961. The van der Waals surface area contributed by atoms with Crippen molar-refractivity contribution < 1.29 is 23.5 Å². The van der Waals surface area contributed by atoms with Crippen LogP contribution in [0.15, 0.2) is 30.3 Å². The van der Waals surface area contributed by atoms with Crippen molar-refractivity contribution in [3.8, 4) is 0 Å². The third kappa shape index (κ3) is 5.42. The Kier molecular flexibility index (Phi) is 6.02. The predicted octanol–water partition coefficient (Wildman–Crippen LogP) is 2.48. The third-order valence-electron chi connectivity index (χ3n) is 2.34. The van der Waals surface area contributed by atoms with Crippen LogP contribution in [0.25, 0.3) is 0 Å². The Morgan fingerprint density at radius 1 is 1.42 bits per heavy atom. The summed E-state index contributed by atoms with van der Waals surface area (Å²) in [4.78, 5) is 20.9. The van der Waals surface area contributed by atoms with Gasteiger partial charge in [0, 0.05) is 0 Å². The summed E-state index contributed by atoms with van der Waals surface area (Å²) < 4.78 is 21.2. The molecule has 0 aliphatic carbocycles. The molecule has 0 spiro atoms. The van der Waals surface area contributed by atoms with Crippen LogP contribution in [0.2, 0.25) is 0 Å². The second-order valence-corrected chi connectivity index (χ2v) is 6.02. The van der Waals surface area contributed by atoms with Gasteiger partial charge in [-0.1, -0.05) is 30.3 Å². The van der Waals surface area contributed by atoms with Crippen molar-refractivity contribution >= 4 is 13.7 Å². The lowest BCUT2D eigenvalue weighted by Crippen LogP contribution is -2.33. The first-order chi connectivity index (χ1) is 8.95. The minimum atomic E-state index is -3.85. The predicted molar refractivity (Wildman–Crippen MR) is 70.7 cm³/mol. The normalized spacial score (nSPS) is 15.3. The molecule has 0 heterocycles. The number of amides is 1.